The van der Waals surface area contributed by atoms with Gasteiger partial charge in [0.1, 0.15) is 6.61 Å². The number of likely N-dealkylation sites (tertiary alicyclic amines) is 1. The number of hydrogen-bond acceptors (Lipinski definition) is 4. The van der Waals surface area contributed by atoms with Crippen LogP contribution in [0.15, 0.2) is 54.6 Å². The molecule has 31 heavy (non-hydrogen) atoms. The van der Waals surface area contributed by atoms with Crippen molar-refractivity contribution in [1.82, 2.24) is 9.62 Å². The zero-order valence-electron chi connectivity index (χ0n) is 18.1. The average molecular weight is 445 g/mol. The number of sulfonamides is 1. The monoisotopic (exact) mass is 444 g/mol. The first kappa shape index (κ1) is 23.4. The molecule has 1 heterocycles. The molecule has 1 aliphatic rings. The Morgan fingerprint density at radius 2 is 1.65 bits per heavy atom. The number of piperidine rings is 1. The van der Waals surface area contributed by atoms with Gasteiger partial charge in [-0.3, -0.25) is 4.79 Å². The largest absolute Gasteiger partial charge is 0.367 e. The Morgan fingerprint density at radius 1 is 1.00 bits per heavy atom. The summed E-state index contributed by atoms with van der Waals surface area (Å²) in [5.74, 6) is 0.647. The molecule has 1 amide bonds. The summed E-state index contributed by atoms with van der Waals surface area (Å²) in [4.78, 5) is 14.3. The van der Waals surface area contributed by atoms with Gasteiger partial charge in [0, 0.05) is 19.6 Å². The first-order valence-corrected chi connectivity index (χ1v) is 12.7. The summed E-state index contributed by atoms with van der Waals surface area (Å²) >= 11 is 0. The Kier molecular flexibility index (Phi) is 8.63. The van der Waals surface area contributed by atoms with Crippen molar-refractivity contribution in [2.45, 2.75) is 32.3 Å². The first-order chi connectivity index (χ1) is 14.9. The van der Waals surface area contributed by atoms with Gasteiger partial charge in [0.05, 0.1) is 12.9 Å². The van der Waals surface area contributed by atoms with Crippen LogP contribution in [0, 0.1) is 5.92 Å². The Morgan fingerprint density at radius 3 is 2.29 bits per heavy atom. The molecule has 0 radical (unpaired) electrons. The van der Waals surface area contributed by atoms with Crippen LogP contribution in [-0.4, -0.2) is 51.7 Å². The number of rotatable bonds is 10. The highest BCUT2D eigenvalue weighted by Gasteiger charge is 2.23. The second-order valence-corrected chi connectivity index (χ2v) is 10.1. The highest BCUT2D eigenvalue weighted by Crippen LogP contribution is 2.22. The van der Waals surface area contributed by atoms with Crippen LogP contribution in [-0.2, 0) is 39.0 Å². The number of ether oxygens (including phenoxy) is 1. The molecule has 0 saturated carbocycles. The maximum Gasteiger partial charge on any atom is 0.248 e. The molecule has 6 nitrogen and oxygen atoms in total. The number of amides is 1. The zero-order chi connectivity index (χ0) is 22.1. The molecule has 2 aromatic carbocycles. The van der Waals surface area contributed by atoms with E-state index in [-0.39, 0.29) is 12.5 Å². The lowest BCUT2D eigenvalue weighted by molar-refractivity contribution is -0.138. The van der Waals surface area contributed by atoms with E-state index in [1.54, 1.807) is 0 Å². The third-order valence-electron chi connectivity index (χ3n) is 5.63. The van der Waals surface area contributed by atoms with E-state index in [0.29, 0.717) is 25.5 Å². The predicted octanol–water partition coefficient (Wildman–Crippen LogP) is 2.78. The quantitative estimate of drug-likeness (QED) is 0.611. The summed E-state index contributed by atoms with van der Waals surface area (Å²) in [5, 5.41) is 0. The Bertz CT molecular complexity index is 922. The average Bonchev–Trinajstić information content (AvgIpc) is 2.75. The first-order valence-electron chi connectivity index (χ1n) is 10.8. The summed E-state index contributed by atoms with van der Waals surface area (Å²) in [5.41, 5.74) is 3.48. The second-order valence-electron chi connectivity index (χ2n) is 8.24. The van der Waals surface area contributed by atoms with Crippen LogP contribution in [0.3, 0.4) is 0 Å². The van der Waals surface area contributed by atoms with Gasteiger partial charge in [0.2, 0.25) is 15.9 Å². The van der Waals surface area contributed by atoms with Gasteiger partial charge in [-0.1, -0.05) is 54.6 Å². The van der Waals surface area contributed by atoms with E-state index in [1.807, 2.05) is 35.2 Å². The lowest BCUT2D eigenvalue weighted by Crippen LogP contribution is -2.40. The highest BCUT2D eigenvalue weighted by atomic mass is 32.2. The smallest absolute Gasteiger partial charge is 0.248 e. The van der Waals surface area contributed by atoms with Gasteiger partial charge in [-0.2, -0.15) is 0 Å². The molecule has 0 unspecified atom stereocenters. The molecule has 1 aliphatic heterocycles. The normalized spacial score (nSPS) is 15.2. The molecule has 7 heteroatoms. The minimum absolute atomic E-state index is 0.0708. The van der Waals surface area contributed by atoms with Gasteiger partial charge >= 0.3 is 0 Å². The van der Waals surface area contributed by atoms with E-state index in [0.717, 1.165) is 43.5 Å². The lowest BCUT2D eigenvalue weighted by atomic mass is 9.90. The molecule has 0 bridgehead atoms. The van der Waals surface area contributed by atoms with E-state index in [4.69, 9.17) is 4.74 Å². The minimum atomic E-state index is -3.14. The van der Waals surface area contributed by atoms with Crippen molar-refractivity contribution in [3.63, 3.8) is 0 Å². The Balaban J connectivity index is 1.35. The van der Waals surface area contributed by atoms with Gasteiger partial charge in [0.15, 0.2) is 0 Å². The van der Waals surface area contributed by atoms with E-state index < -0.39 is 10.0 Å². The van der Waals surface area contributed by atoms with Crippen LogP contribution in [0.25, 0.3) is 0 Å². The summed E-state index contributed by atoms with van der Waals surface area (Å²) in [6.07, 6.45) is 4.87. The minimum Gasteiger partial charge on any atom is -0.367 e. The standard InChI is InChI=1S/C24H32N2O4S/c1-31(28,29)25-14-11-20-7-9-21(10-8-20)17-22-12-15-26(16-13-22)24(27)19-30-18-23-5-3-2-4-6-23/h2-10,22,25H,11-19H2,1H3. The highest BCUT2D eigenvalue weighted by molar-refractivity contribution is 7.88. The summed E-state index contributed by atoms with van der Waals surface area (Å²) in [6, 6.07) is 18.3. The molecular weight excluding hydrogens is 412 g/mol. The third kappa shape index (κ3) is 8.44. The molecule has 3 rings (SSSR count). The molecule has 168 valence electrons. The van der Waals surface area contributed by atoms with Crippen LogP contribution in [0.4, 0.5) is 0 Å². The Hall–Kier alpha value is -2.22. The fraction of sp³-hybridized carbons (Fsp3) is 0.458. The van der Waals surface area contributed by atoms with E-state index >= 15 is 0 Å². The molecule has 0 spiro atoms. The van der Waals surface area contributed by atoms with E-state index in [2.05, 4.69) is 29.0 Å². The maximum atomic E-state index is 12.4. The Labute approximate surface area is 185 Å². The number of carbonyl (C=O) groups is 1. The van der Waals surface area contributed by atoms with Crippen molar-refractivity contribution in [1.29, 1.82) is 0 Å². The van der Waals surface area contributed by atoms with Gasteiger partial charge in [-0.15, -0.1) is 0 Å². The van der Waals surface area contributed by atoms with Crippen molar-refractivity contribution in [2.75, 3.05) is 32.5 Å². The van der Waals surface area contributed by atoms with Crippen LogP contribution >= 0.6 is 0 Å². The van der Waals surface area contributed by atoms with Crippen LogP contribution in [0.2, 0.25) is 0 Å². The molecular formula is C24H32N2O4S. The molecule has 0 aliphatic carbocycles. The van der Waals surface area contributed by atoms with Gasteiger partial charge in [-0.05, 0) is 48.3 Å². The van der Waals surface area contributed by atoms with E-state index in [1.165, 1.54) is 11.8 Å². The number of benzene rings is 2. The molecule has 1 saturated heterocycles. The van der Waals surface area contributed by atoms with Crippen LogP contribution < -0.4 is 4.72 Å². The van der Waals surface area contributed by atoms with Crippen molar-refractivity contribution in [2.24, 2.45) is 5.92 Å². The maximum absolute atomic E-state index is 12.4. The topological polar surface area (TPSA) is 75.7 Å². The SMILES string of the molecule is CS(=O)(=O)NCCc1ccc(CC2CCN(C(=O)COCc3ccccc3)CC2)cc1. The van der Waals surface area contributed by atoms with Crippen LogP contribution in [0.5, 0.6) is 0 Å². The fourth-order valence-corrected chi connectivity index (χ4v) is 4.34. The fourth-order valence-electron chi connectivity index (χ4n) is 3.86. The number of hydrogen-bond donors (Lipinski definition) is 1. The third-order valence-corrected chi connectivity index (χ3v) is 6.36. The van der Waals surface area contributed by atoms with Crippen molar-refractivity contribution < 1.29 is 17.9 Å². The zero-order valence-corrected chi connectivity index (χ0v) is 18.9. The van der Waals surface area contributed by atoms with Gasteiger partial charge < -0.3 is 9.64 Å². The molecule has 0 atom stereocenters. The van der Waals surface area contributed by atoms with Crippen LogP contribution in [0.1, 0.15) is 29.5 Å². The van der Waals surface area contributed by atoms with Crippen molar-refractivity contribution in [3.05, 3.63) is 71.3 Å². The molecule has 0 aromatic heterocycles. The number of nitrogens with one attached hydrogen (secondary N) is 1. The lowest BCUT2D eigenvalue weighted by Gasteiger charge is -2.32. The molecule has 1 N–H and O–H groups in total. The number of carbonyl (C=O) groups excluding carboxylic acids is 1. The van der Waals surface area contributed by atoms with E-state index in [9.17, 15) is 13.2 Å². The van der Waals surface area contributed by atoms with Crippen molar-refractivity contribution in [3.8, 4) is 0 Å². The molecule has 1 fully saturated rings. The summed E-state index contributed by atoms with van der Waals surface area (Å²) in [6.45, 7) is 2.58. The second kappa shape index (κ2) is 11.4. The van der Waals surface area contributed by atoms with Gasteiger partial charge in [0.25, 0.3) is 0 Å². The molecule has 2 aromatic rings. The van der Waals surface area contributed by atoms with Crippen molar-refractivity contribution >= 4 is 15.9 Å². The summed E-state index contributed by atoms with van der Waals surface area (Å²) < 4.78 is 30.4. The van der Waals surface area contributed by atoms with Gasteiger partial charge in [-0.25, -0.2) is 13.1 Å². The summed E-state index contributed by atoms with van der Waals surface area (Å²) in [7, 11) is -3.14. The predicted molar refractivity (Wildman–Crippen MR) is 122 cm³/mol. The number of nitrogens with zero attached hydrogens (tertiary/aromatic N) is 1.